The lowest BCUT2D eigenvalue weighted by atomic mass is 9.83. The van der Waals surface area contributed by atoms with Crippen LogP contribution in [-0.4, -0.2) is 71.0 Å². The molecule has 356 valence electrons. The van der Waals surface area contributed by atoms with Crippen LogP contribution in [0.25, 0.3) is 0 Å². The molecule has 4 heterocycles. The number of carbonyl (C=O) groups excluding carboxylic acids is 4. The van der Waals surface area contributed by atoms with Gasteiger partial charge in [-0.2, -0.15) is 0 Å². The minimum atomic E-state index is -1.61. The van der Waals surface area contributed by atoms with Gasteiger partial charge in [0.05, 0.1) is 16.7 Å². The van der Waals surface area contributed by atoms with Crippen LogP contribution < -0.4 is 9.47 Å². The molecule has 0 radical (unpaired) electrons. The van der Waals surface area contributed by atoms with Crippen LogP contribution in [0.5, 0.6) is 11.5 Å². The third kappa shape index (κ3) is 15.1. The highest BCUT2D eigenvalue weighted by molar-refractivity contribution is 5.90. The van der Waals surface area contributed by atoms with Gasteiger partial charge in [0.1, 0.15) is 48.9 Å². The topological polar surface area (TPSA) is 162 Å². The molecule has 1 aromatic carbocycles. The SMILES string of the molecule is Cc1c(C)c2c(c(C)c1OC(=O)OCC(COC(=O)c1cccnc1)(COC(=O)c1cccnc1)COC(=O)c1cccnc1)CCC(C)(CCCC(C)CCCC(C)CCCC(C)C)O2. The van der Waals surface area contributed by atoms with Gasteiger partial charge in [0.2, 0.25) is 0 Å². The van der Waals surface area contributed by atoms with Crippen LogP contribution in [0.1, 0.15) is 152 Å². The zero-order valence-corrected chi connectivity index (χ0v) is 40.2. The van der Waals surface area contributed by atoms with E-state index in [2.05, 4.69) is 49.6 Å². The Morgan fingerprint density at radius 2 is 1.09 bits per heavy atom. The molecule has 0 saturated heterocycles. The first-order valence-corrected chi connectivity index (χ1v) is 23.5. The number of fused-ring (bicyclic) bond motifs is 1. The monoisotopic (exact) mass is 907 g/mol. The van der Waals surface area contributed by atoms with Crippen molar-refractivity contribution in [1.29, 1.82) is 0 Å². The van der Waals surface area contributed by atoms with Crippen molar-refractivity contribution in [2.75, 3.05) is 26.4 Å². The number of aromatic nitrogens is 3. The lowest BCUT2D eigenvalue weighted by Crippen LogP contribution is -2.44. The van der Waals surface area contributed by atoms with Crippen LogP contribution in [0.15, 0.2) is 73.6 Å². The maximum Gasteiger partial charge on any atom is 0.513 e. The van der Waals surface area contributed by atoms with Crippen molar-refractivity contribution in [3.8, 4) is 11.5 Å². The average Bonchev–Trinajstić information content (AvgIpc) is 3.32. The van der Waals surface area contributed by atoms with Crippen molar-refractivity contribution < 1.29 is 47.6 Å². The Morgan fingerprint density at radius 3 is 1.55 bits per heavy atom. The van der Waals surface area contributed by atoms with Crippen LogP contribution >= 0.6 is 0 Å². The number of rotatable bonds is 24. The van der Waals surface area contributed by atoms with Gasteiger partial charge in [-0.25, -0.2) is 19.2 Å². The summed E-state index contributed by atoms with van der Waals surface area (Å²) < 4.78 is 35.7. The first kappa shape index (κ1) is 51.1. The molecule has 0 spiro atoms. The van der Waals surface area contributed by atoms with Crippen molar-refractivity contribution in [3.63, 3.8) is 0 Å². The molecule has 0 amide bonds. The molecule has 0 N–H and O–H groups in total. The van der Waals surface area contributed by atoms with Crippen LogP contribution in [0.2, 0.25) is 0 Å². The Kier molecular flexibility index (Phi) is 19.1. The number of hydrogen-bond donors (Lipinski definition) is 0. The summed E-state index contributed by atoms with van der Waals surface area (Å²) in [7, 11) is 0. The van der Waals surface area contributed by atoms with E-state index >= 15 is 0 Å². The summed E-state index contributed by atoms with van der Waals surface area (Å²) in [5, 5.41) is 0. The van der Waals surface area contributed by atoms with E-state index in [0.29, 0.717) is 11.7 Å². The molecule has 0 fully saturated rings. The van der Waals surface area contributed by atoms with E-state index in [4.69, 9.17) is 28.4 Å². The first-order valence-electron chi connectivity index (χ1n) is 23.5. The lowest BCUT2D eigenvalue weighted by molar-refractivity contribution is -0.0650. The fourth-order valence-corrected chi connectivity index (χ4v) is 8.34. The standard InChI is InChI=1S/C53H69N3O10/c1-36(2)15-9-16-37(3)17-10-18-38(4)19-11-24-52(8)25-23-45-41(7)46(39(5)40(6)47(45)66-52)65-51(60)64-35-53(32-61-48(57)42-20-12-26-54-29-42,33-62-49(58)43-21-13-27-55-30-43)34-63-50(59)44-22-14-28-56-31-44/h12-14,20-22,26-31,36-38H,9-11,15-19,23-25,32-35H2,1-8H3. The van der Waals surface area contributed by atoms with Crippen LogP contribution in [0, 0.1) is 43.9 Å². The number of benzene rings is 1. The largest absolute Gasteiger partial charge is 0.513 e. The molecule has 1 aliphatic rings. The molecular weight excluding hydrogens is 839 g/mol. The average molecular weight is 908 g/mol. The summed E-state index contributed by atoms with van der Waals surface area (Å²) in [6.45, 7) is 15.3. The van der Waals surface area contributed by atoms with E-state index in [0.717, 1.165) is 65.5 Å². The highest BCUT2D eigenvalue weighted by atomic mass is 16.7. The Bertz CT molecular complexity index is 2070. The van der Waals surface area contributed by atoms with E-state index in [1.807, 2.05) is 20.8 Å². The Morgan fingerprint density at radius 1 is 0.636 bits per heavy atom. The van der Waals surface area contributed by atoms with Gasteiger partial charge < -0.3 is 28.4 Å². The maximum absolute atomic E-state index is 13.7. The van der Waals surface area contributed by atoms with E-state index in [-0.39, 0.29) is 22.3 Å². The molecular formula is C53H69N3O10. The zero-order chi connectivity index (χ0) is 47.7. The number of esters is 3. The first-order chi connectivity index (χ1) is 31.6. The molecule has 3 aromatic heterocycles. The molecule has 0 aliphatic carbocycles. The smallest absolute Gasteiger partial charge is 0.487 e. The van der Waals surface area contributed by atoms with Crippen molar-refractivity contribution in [2.24, 2.45) is 23.2 Å². The summed E-state index contributed by atoms with van der Waals surface area (Å²) in [4.78, 5) is 65.2. The second kappa shape index (κ2) is 24.6. The van der Waals surface area contributed by atoms with Crippen molar-refractivity contribution in [2.45, 2.75) is 132 Å². The quantitative estimate of drug-likeness (QED) is 0.0371. The number of hydrogen-bond acceptors (Lipinski definition) is 13. The maximum atomic E-state index is 13.7. The Balaban J connectivity index is 1.26. The third-order valence-electron chi connectivity index (χ3n) is 12.7. The summed E-state index contributed by atoms with van der Waals surface area (Å²) >= 11 is 0. The second-order valence-electron chi connectivity index (χ2n) is 19.0. The third-order valence-corrected chi connectivity index (χ3v) is 12.7. The lowest BCUT2D eigenvalue weighted by Gasteiger charge is -2.38. The summed E-state index contributed by atoms with van der Waals surface area (Å²) in [5.74, 6) is 1.18. The number of carbonyl (C=O) groups is 4. The predicted molar refractivity (Wildman–Crippen MR) is 251 cm³/mol. The summed E-state index contributed by atoms with van der Waals surface area (Å²) in [6.07, 6.45) is 20.1. The second-order valence-corrected chi connectivity index (χ2v) is 19.0. The molecule has 13 heteroatoms. The minimum absolute atomic E-state index is 0.151. The summed E-state index contributed by atoms with van der Waals surface area (Å²) in [6, 6.07) is 9.29. The van der Waals surface area contributed by atoms with Gasteiger partial charge in [-0.15, -0.1) is 0 Å². The van der Waals surface area contributed by atoms with Crippen LogP contribution in [0.4, 0.5) is 4.79 Å². The van der Waals surface area contributed by atoms with Gasteiger partial charge in [0.15, 0.2) is 0 Å². The Hall–Kier alpha value is -5.85. The number of ether oxygens (including phenoxy) is 6. The minimum Gasteiger partial charge on any atom is -0.487 e. The predicted octanol–water partition coefficient (Wildman–Crippen LogP) is 11.4. The highest BCUT2D eigenvalue weighted by Crippen LogP contribution is 2.45. The molecule has 5 rings (SSSR count). The van der Waals surface area contributed by atoms with E-state index < -0.39 is 55.9 Å². The van der Waals surface area contributed by atoms with Crippen molar-refractivity contribution in [3.05, 3.63) is 113 Å². The van der Waals surface area contributed by atoms with Gasteiger partial charge in [-0.3, -0.25) is 15.0 Å². The Labute approximate surface area is 390 Å². The summed E-state index contributed by atoms with van der Waals surface area (Å²) in [5.41, 5.74) is 1.89. The molecule has 0 saturated carbocycles. The molecule has 0 bridgehead atoms. The normalized spacial score (nSPS) is 15.5. The molecule has 4 aromatic rings. The van der Waals surface area contributed by atoms with E-state index in [9.17, 15) is 19.2 Å². The fourth-order valence-electron chi connectivity index (χ4n) is 8.34. The van der Waals surface area contributed by atoms with Gasteiger partial charge in [-0.05, 0) is 124 Å². The van der Waals surface area contributed by atoms with Crippen molar-refractivity contribution in [1.82, 2.24) is 15.0 Å². The van der Waals surface area contributed by atoms with Crippen LogP contribution in [-0.2, 0) is 25.4 Å². The number of nitrogens with zero attached hydrogens (tertiary/aromatic N) is 3. The van der Waals surface area contributed by atoms with Crippen molar-refractivity contribution >= 4 is 24.1 Å². The van der Waals surface area contributed by atoms with Gasteiger partial charge in [-0.1, -0.05) is 72.6 Å². The van der Waals surface area contributed by atoms with E-state index in [1.165, 1.54) is 100 Å². The zero-order valence-electron chi connectivity index (χ0n) is 40.2. The van der Waals surface area contributed by atoms with Gasteiger partial charge in [0.25, 0.3) is 0 Å². The molecule has 3 unspecified atom stereocenters. The molecule has 3 atom stereocenters. The van der Waals surface area contributed by atoms with Gasteiger partial charge in [0, 0.05) is 42.7 Å². The van der Waals surface area contributed by atoms with Crippen LogP contribution in [0.3, 0.4) is 0 Å². The van der Waals surface area contributed by atoms with E-state index in [1.54, 1.807) is 18.2 Å². The van der Waals surface area contributed by atoms with Gasteiger partial charge >= 0.3 is 24.1 Å². The molecule has 13 nitrogen and oxygen atoms in total. The molecule has 66 heavy (non-hydrogen) atoms. The number of pyridine rings is 3. The fraction of sp³-hybridized carbons (Fsp3) is 0.528. The molecule has 1 aliphatic heterocycles. The highest BCUT2D eigenvalue weighted by Gasteiger charge is 2.40.